The molecular weight excluding hydrogens is 218 g/mol. The van der Waals surface area contributed by atoms with Gasteiger partial charge in [0.2, 0.25) is 11.3 Å². The lowest BCUT2D eigenvalue weighted by molar-refractivity contribution is -0.132. The summed E-state index contributed by atoms with van der Waals surface area (Å²) in [6.45, 7) is 2.96. The minimum atomic E-state index is -0.205. The number of likely N-dealkylation sites (N-methyl/N-ethyl adjacent to an activating group) is 1. The number of amides is 1. The monoisotopic (exact) mass is 235 g/mol. The van der Waals surface area contributed by atoms with E-state index in [4.69, 9.17) is 5.73 Å². The van der Waals surface area contributed by atoms with Gasteiger partial charge in [0.25, 0.3) is 0 Å². The van der Waals surface area contributed by atoms with Gasteiger partial charge in [0.1, 0.15) is 6.54 Å². The Labute approximate surface area is 99.8 Å². The fourth-order valence-electron chi connectivity index (χ4n) is 1.91. The van der Waals surface area contributed by atoms with Crippen LogP contribution in [0.25, 0.3) is 0 Å². The first-order valence-corrected chi connectivity index (χ1v) is 5.87. The number of hydrogen-bond donors (Lipinski definition) is 1. The third-order valence-electron chi connectivity index (χ3n) is 2.97. The lowest BCUT2D eigenvalue weighted by Crippen LogP contribution is -2.35. The molecule has 0 bridgehead atoms. The third-order valence-corrected chi connectivity index (χ3v) is 2.97. The standard InChI is InChI=1S/C12H17N3O2/c1-2-15(9-3-4-9)12(17)8-14-6-5-11(16)10(13)7-14/h5-7,9H,2-4,8,13H2,1H3. The number of nitrogens with two attached hydrogens (primary N) is 1. The van der Waals surface area contributed by atoms with Crippen LogP contribution in [0.1, 0.15) is 19.8 Å². The number of aromatic nitrogens is 1. The van der Waals surface area contributed by atoms with E-state index in [1.54, 1.807) is 10.8 Å². The van der Waals surface area contributed by atoms with E-state index in [2.05, 4.69) is 0 Å². The van der Waals surface area contributed by atoms with Gasteiger partial charge in [-0.3, -0.25) is 9.59 Å². The molecule has 1 heterocycles. The first-order chi connectivity index (χ1) is 8.11. The van der Waals surface area contributed by atoms with Crippen molar-refractivity contribution in [1.29, 1.82) is 0 Å². The SMILES string of the molecule is CCN(C(=O)Cn1ccc(=O)c(N)c1)C1CC1. The maximum Gasteiger partial charge on any atom is 0.242 e. The summed E-state index contributed by atoms with van der Waals surface area (Å²) in [7, 11) is 0. The van der Waals surface area contributed by atoms with Crippen molar-refractivity contribution in [3.63, 3.8) is 0 Å². The van der Waals surface area contributed by atoms with Crippen LogP contribution in [-0.2, 0) is 11.3 Å². The molecule has 92 valence electrons. The number of pyridine rings is 1. The maximum absolute atomic E-state index is 12.0. The molecule has 1 aliphatic carbocycles. The van der Waals surface area contributed by atoms with E-state index in [0.717, 1.165) is 19.4 Å². The molecule has 1 aromatic rings. The Hall–Kier alpha value is -1.78. The van der Waals surface area contributed by atoms with Crippen molar-refractivity contribution in [2.75, 3.05) is 12.3 Å². The summed E-state index contributed by atoms with van der Waals surface area (Å²) in [4.78, 5) is 25.0. The smallest absolute Gasteiger partial charge is 0.242 e. The van der Waals surface area contributed by atoms with Crippen LogP contribution in [0.4, 0.5) is 5.69 Å². The minimum absolute atomic E-state index is 0.0815. The minimum Gasteiger partial charge on any atom is -0.394 e. The average molecular weight is 235 g/mol. The molecule has 0 atom stereocenters. The predicted molar refractivity (Wildman–Crippen MR) is 65.5 cm³/mol. The lowest BCUT2D eigenvalue weighted by atomic mass is 10.3. The molecule has 2 rings (SSSR count). The second-order valence-electron chi connectivity index (χ2n) is 4.35. The molecule has 0 unspecified atom stereocenters. The van der Waals surface area contributed by atoms with Gasteiger partial charge in [0.05, 0.1) is 5.69 Å². The van der Waals surface area contributed by atoms with Crippen LogP contribution in [0.2, 0.25) is 0 Å². The van der Waals surface area contributed by atoms with Crippen LogP contribution in [-0.4, -0.2) is 28.0 Å². The molecule has 0 saturated heterocycles. The normalized spacial score (nSPS) is 14.6. The highest BCUT2D eigenvalue weighted by molar-refractivity contribution is 5.76. The molecule has 17 heavy (non-hydrogen) atoms. The van der Waals surface area contributed by atoms with Crippen LogP contribution >= 0.6 is 0 Å². The Morgan fingerprint density at radius 3 is 2.82 bits per heavy atom. The summed E-state index contributed by atoms with van der Waals surface area (Å²) < 4.78 is 1.66. The molecule has 5 heteroatoms. The van der Waals surface area contributed by atoms with Crippen LogP contribution in [0, 0.1) is 0 Å². The van der Waals surface area contributed by atoms with E-state index in [1.165, 1.54) is 12.3 Å². The fourth-order valence-corrected chi connectivity index (χ4v) is 1.91. The number of anilines is 1. The first-order valence-electron chi connectivity index (χ1n) is 5.87. The predicted octanol–water partition coefficient (Wildman–Crippen LogP) is 0.441. The van der Waals surface area contributed by atoms with Crippen LogP contribution in [0.15, 0.2) is 23.3 Å². The molecule has 1 fully saturated rings. The third kappa shape index (κ3) is 2.67. The highest BCUT2D eigenvalue weighted by Gasteiger charge is 2.31. The lowest BCUT2D eigenvalue weighted by Gasteiger charge is -2.21. The van der Waals surface area contributed by atoms with Crippen molar-refractivity contribution in [2.24, 2.45) is 0 Å². The van der Waals surface area contributed by atoms with Gasteiger partial charge in [-0.05, 0) is 19.8 Å². The van der Waals surface area contributed by atoms with Gasteiger partial charge in [-0.15, -0.1) is 0 Å². The van der Waals surface area contributed by atoms with Crippen molar-refractivity contribution in [2.45, 2.75) is 32.4 Å². The van der Waals surface area contributed by atoms with Gasteiger partial charge in [-0.1, -0.05) is 0 Å². The summed E-state index contributed by atoms with van der Waals surface area (Å²) in [5, 5.41) is 0. The zero-order chi connectivity index (χ0) is 12.4. The van der Waals surface area contributed by atoms with Crippen LogP contribution in [0.5, 0.6) is 0 Å². The quantitative estimate of drug-likeness (QED) is 0.823. The zero-order valence-corrected chi connectivity index (χ0v) is 9.93. The number of carbonyl (C=O) groups is 1. The molecule has 0 aromatic carbocycles. The Kier molecular flexibility index (Phi) is 3.17. The zero-order valence-electron chi connectivity index (χ0n) is 9.93. The Bertz CT molecular complexity index is 477. The Balaban J connectivity index is 2.06. The number of carbonyl (C=O) groups excluding carboxylic acids is 1. The maximum atomic E-state index is 12.0. The first kappa shape index (κ1) is 11.7. The Morgan fingerprint density at radius 1 is 1.59 bits per heavy atom. The van der Waals surface area contributed by atoms with Crippen molar-refractivity contribution in [1.82, 2.24) is 9.47 Å². The van der Waals surface area contributed by atoms with E-state index in [-0.39, 0.29) is 23.6 Å². The van der Waals surface area contributed by atoms with Gasteiger partial charge in [-0.2, -0.15) is 0 Å². The highest BCUT2D eigenvalue weighted by atomic mass is 16.2. The molecule has 1 amide bonds. The van der Waals surface area contributed by atoms with Gasteiger partial charge < -0.3 is 15.2 Å². The Morgan fingerprint density at radius 2 is 2.29 bits per heavy atom. The number of hydrogen-bond acceptors (Lipinski definition) is 3. The molecule has 1 aromatic heterocycles. The number of nitrogen functional groups attached to an aromatic ring is 1. The molecule has 0 aliphatic heterocycles. The molecule has 5 nitrogen and oxygen atoms in total. The summed E-state index contributed by atoms with van der Waals surface area (Å²) >= 11 is 0. The van der Waals surface area contributed by atoms with Crippen molar-refractivity contribution in [3.8, 4) is 0 Å². The largest absolute Gasteiger partial charge is 0.394 e. The van der Waals surface area contributed by atoms with E-state index >= 15 is 0 Å². The second kappa shape index (κ2) is 4.61. The average Bonchev–Trinajstić information content (AvgIpc) is 3.09. The summed E-state index contributed by atoms with van der Waals surface area (Å²) in [5.41, 5.74) is 5.49. The summed E-state index contributed by atoms with van der Waals surface area (Å²) in [5.74, 6) is 0.0815. The summed E-state index contributed by atoms with van der Waals surface area (Å²) in [6.07, 6.45) is 5.32. The molecule has 1 saturated carbocycles. The van der Waals surface area contributed by atoms with E-state index < -0.39 is 0 Å². The summed E-state index contributed by atoms with van der Waals surface area (Å²) in [6, 6.07) is 1.81. The van der Waals surface area contributed by atoms with E-state index in [1.807, 2.05) is 11.8 Å². The molecular formula is C12H17N3O2. The van der Waals surface area contributed by atoms with Crippen LogP contribution in [0.3, 0.4) is 0 Å². The van der Waals surface area contributed by atoms with Gasteiger partial charge >= 0.3 is 0 Å². The van der Waals surface area contributed by atoms with Crippen molar-refractivity contribution < 1.29 is 4.79 Å². The topological polar surface area (TPSA) is 68.3 Å². The van der Waals surface area contributed by atoms with Gasteiger partial charge in [-0.25, -0.2) is 0 Å². The molecule has 1 aliphatic rings. The number of nitrogens with zero attached hydrogens (tertiary/aromatic N) is 2. The van der Waals surface area contributed by atoms with E-state index in [9.17, 15) is 9.59 Å². The second-order valence-corrected chi connectivity index (χ2v) is 4.35. The van der Waals surface area contributed by atoms with Crippen molar-refractivity contribution >= 4 is 11.6 Å². The van der Waals surface area contributed by atoms with Crippen LogP contribution < -0.4 is 11.2 Å². The van der Waals surface area contributed by atoms with Gasteiger partial charge in [0.15, 0.2) is 0 Å². The number of rotatable bonds is 4. The highest BCUT2D eigenvalue weighted by Crippen LogP contribution is 2.26. The van der Waals surface area contributed by atoms with E-state index in [0.29, 0.717) is 6.04 Å². The van der Waals surface area contributed by atoms with Crippen molar-refractivity contribution in [3.05, 3.63) is 28.7 Å². The fraction of sp³-hybridized carbons (Fsp3) is 0.500. The molecule has 0 spiro atoms. The van der Waals surface area contributed by atoms with Gasteiger partial charge in [0, 0.05) is 31.0 Å². The molecule has 2 N–H and O–H groups in total. The molecule has 0 radical (unpaired) electrons.